The van der Waals surface area contributed by atoms with Gasteiger partial charge in [-0.2, -0.15) is 0 Å². The van der Waals surface area contributed by atoms with Gasteiger partial charge in [-0.25, -0.2) is 0 Å². The first-order valence-corrected chi connectivity index (χ1v) is 4.25. The van der Waals surface area contributed by atoms with Crippen molar-refractivity contribution in [2.45, 2.75) is 24.1 Å². The van der Waals surface area contributed by atoms with Gasteiger partial charge in [-0.05, 0) is 0 Å². The van der Waals surface area contributed by atoms with Gasteiger partial charge in [0, 0.05) is 14.2 Å². The lowest BCUT2D eigenvalue weighted by Gasteiger charge is -2.28. The van der Waals surface area contributed by atoms with Crippen molar-refractivity contribution in [3.05, 3.63) is 0 Å². The Balaban J connectivity index is 2.17. The molecule has 2 fully saturated rings. The van der Waals surface area contributed by atoms with Gasteiger partial charge in [0.2, 0.25) is 5.79 Å². The number of methoxy groups -OCH3 is 2. The quantitative estimate of drug-likeness (QED) is 0.574. The average molecular weight is 190 g/mol. The Morgan fingerprint density at radius 2 is 2.00 bits per heavy atom. The molecule has 2 aliphatic rings. The summed E-state index contributed by atoms with van der Waals surface area (Å²) in [6, 6.07) is 0. The fourth-order valence-corrected chi connectivity index (χ4v) is 1.90. The van der Waals surface area contributed by atoms with Crippen LogP contribution in [0.25, 0.3) is 0 Å². The number of aliphatic hydroxyl groups excluding tert-OH is 1. The van der Waals surface area contributed by atoms with Crippen molar-refractivity contribution in [1.29, 1.82) is 0 Å². The van der Waals surface area contributed by atoms with E-state index in [0.29, 0.717) is 6.61 Å². The molecule has 0 aromatic rings. The molecule has 0 amide bonds. The minimum absolute atomic E-state index is 0.282. The highest BCUT2D eigenvalue weighted by Gasteiger charge is 2.57. The number of rotatable bonds is 2. The van der Waals surface area contributed by atoms with Gasteiger partial charge in [-0.3, -0.25) is 0 Å². The average Bonchev–Trinajstić information content (AvgIpc) is 2.68. The molecule has 0 radical (unpaired) electrons. The molecule has 2 aliphatic heterocycles. The van der Waals surface area contributed by atoms with Crippen LogP contribution in [0.2, 0.25) is 0 Å². The van der Waals surface area contributed by atoms with Crippen LogP contribution in [0.3, 0.4) is 0 Å². The molecular formula is C8H14O5. The highest BCUT2D eigenvalue weighted by atomic mass is 16.7. The van der Waals surface area contributed by atoms with Crippen molar-refractivity contribution in [2.24, 2.45) is 0 Å². The second-order valence-corrected chi connectivity index (χ2v) is 3.32. The molecule has 5 nitrogen and oxygen atoms in total. The second-order valence-electron chi connectivity index (χ2n) is 3.32. The van der Waals surface area contributed by atoms with Crippen LogP contribution in [-0.4, -0.2) is 56.6 Å². The summed E-state index contributed by atoms with van der Waals surface area (Å²) in [5.41, 5.74) is 0. The molecule has 0 bridgehead atoms. The summed E-state index contributed by atoms with van der Waals surface area (Å²) in [6.07, 6.45) is -1.21. The van der Waals surface area contributed by atoms with Crippen molar-refractivity contribution < 1.29 is 24.1 Å². The van der Waals surface area contributed by atoms with Crippen molar-refractivity contribution >= 4 is 0 Å². The third-order valence-corrected chi connectivity index (χ3v) is 2.73. The number of hydrogen-bond donors (Lipinski definition) is 1. The normalized spacial score (nSPS) is 42.2. The lowest BCUT2D eigenvalue weighted by atomic mass is 10.1. The van der Waals surface area contributed by atoms with E-state index in [-0.39, 0.29) is 18.8 Å². The smallest absolute Gasteiger partial charge is 0.221 e. The molecule has 3 atom stereocenters. The van der Waals surface area contributed by atoms with Crippen LogP contribution < -0.4 is 0 Å². The van der Waals surface area contributed by atoms with Crippen LogP contribution in [0.5, 0.6) is 0 Å². The van der Waals surface area contributed by atoms with Crippen LogP contribution in [0.4, 0.5) is 0 Å². The van der Waals surface area contributed by atoms with Crippen molar-refractivity contribution in [3.63, 3.8) is 0 Å². The van der Waals surface area contributed by atoms with Crippen LogP contribution >= 0.6 is 0 Å². The van der Waals surface area contributed by atoms with Crippen molar-refractivity contribution in [3.8, 4) is 0 Å². The summed E-state index contributed by atoms with van der Waals surface area (Å²) in [4.78, 5) is 0. The molecule has 0 unspecified atom stereocenters. The van der Waals surface area contributed by atoms with Gasteiger partial charge in [0.05, 0.1) is 6.61 Å². The Morgan fingerprint density at radius 1 is 1.31 bits per heavy atom. The molecule has 76 valence electrons. The van der Waals surface area contributed by atoms with E-state index in [1.807, 2.05) is 0 Å². The van der Waals surface area contributed by atoms with E-state index in [1.54, 1.807) is 14.2 Å². The molecule has 2 heterocycles. The van der Waals surface area contributed by atoms with E-state index in [0.717, 1.165) is 0 Å². The number of hydrogen-bond acceptors (Lipinski definition) is 5. The predicted octanol–water partition coefficient (Wildman–Crippen LogP) is -0.866. The summed E-state index contributed by atoms with van der Waals surface area (Å²) in [7, 11) is 3.09. The highest BCUT2D eigenvalue weighted by molar-refractivity contribution is 4.99. The molecule has 13 heavy (non-hydrogen) atoms. The third-order valence-electron chi connectivity index (χ3n) is 2.73. The lowest BCUT2D eigenvalue weighted by Crippen LogP contribution is -2.47. The van der Waals surface area contributed by atoms with Gasteiger partial charge in [-0.15, -0.1) is 0 Å². The van der Waals surface area contributed by atoms with E-state index in [4.69, 9.17) is 18.9 Å². The van der Waals surface area contributed by atoms with E-state index in [1.165, 1.54) is 0 Å². The Labute approximate surface area is 76.5 Å². The number of aliphatic hydroxyl groups is 1. The zero-order valence-corrected chi connectivity index (χ0v) is 7.73. The first-order valence-electron chi connectivity index (χ1n) is 4.25. The van der Waals surface area contributed by atoms with Crippen molar-refractivity contribution in [1.82, 2.24) is 0 Å². The molecule has 2 rings (SSSR count). The van der Waals surface area contributed by atoms with E-state index in [9.17, 15) is 5.11 Å². The largest absolute Gasteiger partial charge is 0.388 e. The summed E-state index contributed by atoms with van der Waals surface area (Å²) >= 11 is 0. The maximum atomic E-state index is 9.46. The Bertz CT molecular complexity index is 191. The first-order chi connectivity index (χ1) is 6.23. The zero-order chi connectivity index (χ0) is 9.47. The summed E-state index contributed by atoms with van der Waals surface area (Å²) < 4.78 is 21.2. The number of fused-ring (bicyclic) bond motifs is 1. The maximum absolute atomic E-state index is 9.46. The van der Waals surface area contributed by atoms with Gasteiger partial charge in [0.25, 0.3) is 0 Å². The number of ether oxygens (including phenoxy) is 4. The second kappa shape index (κ2) is 3.18. The van der Waals surface area contributed by atoms with Gasteiger partial charge >= 0.3 is 0 Å². The zero-order valence-electron chi connectivity index (χ0n) is 7.73. The SMILES string of the molecule is COC1(OC)CO[C@@H]2[C@H](O)CO[C@@H]21. The Morgan fingerprint density at radius 3 is 2.62 bits per heavy atom. The standard InChI is InChI=1S/C8H14O5/c1-10-8(11-2)4-13-6-5(9)3-12-7(6)8/h5-7,9H,3-4H2,1-2H3/t5-,6-,7+/m1/s1. The molecule has 0 saturated carbocycles. The molecule has 0 aromatic carbocycles. The van der Waals surface area contributed by atoms with E-state index < -0.39 is 11.9 Å². The van der Waals surface area contributed by atoms with Gasteiger partial charge in [0.1, 0.15) is 24.9 Å². The molecule has 5 heteroatoms. The van der Waals surface area contributed by atoms with E-state index in [2.05, 4.69) is 0 Å². The van der Waals surface area contributed by atoms with Crippen molar-refractivity contribution in [2.75, 3.05) is 27.4 Å². The summed E-state index contributed by atoms with van der Waals surface area (Å²) in [6.45, 7) is 0.580. The summed E-state index contributed by atoms with van der Waals surface area (Å²) in [5, 5.41) is 9.46. The molecule has 0 aliphatic carbocycles. The topological polar surface area (TPSA) is 57.2 Å². The van der Waals surface area contributed by atoms with Crippen LogP contribution in [0.1, 0.15) is 0 Å². The minimum atomic E-state index is -0.845. The first kappa shape index (κ1) is 9.36. The molecule has 0 aromatic heterocycles. The molecule has 1 N–H and O–H groups in total. The fourth-order valence-electron chi connectivity index (χ4n) is 1.90. The van der Waals surface area contributed by atoms with Gasteiger partial charge < -0.3 is 24.1 Å². The van der Waals surface area contributed by atoms with Crippen LogP contribution in [0.15, 0.2) is 0 Å². The third kappa shape index (κ3) is 1.19. The van der Waals surface area contributed by atoms with Gasteiger partial charge in [0.15, 0.2) is 0 Å². The summed E-state index contributed by atoms with van der Waals surface area (Å²) in [5.74, 6) is -0.845. The molecule has 2 saturated heterocycles. The Kier molecular flexibility index (Phi) is 2.29. The highest BCUT2D eigenvalue weighted by Crippen LogP contribution is 2.36. The Hall–Kier alpha value is -0.200. The fraction of sp³-hybridized carbons (Fsp3) is 1.00. The monoisotopic (exact) mass is 190 g/mol. The van der Waals surface area contributed by atoms with Gasteiger partial charge in [-0.1, -0.05) is 0 Å². The van der Waals surface area contributed by atoms with Crippen LogP contribution in [-0.2, 0) is 18.9 Å². The maximum Gasteiger partial charge on any atom is 0.221 e. The van der Waals surface area contributed by atoms with E-state index >= 15 is 0 Å². The minimum Gasteiger partial charge on any atom is -0.388 e. The predicted molar refractivity (Wildman–Crippen MR) is 42.2 cm³/mol. The van der Waals surface area contributed by atoms with Crippen LogP contribution in [0, 0.1) is 0 Å². The molecule has 0 spiro atoms. The molecular weight excluding hydrogens is 176 g/mol. The lowest BCUT2D eigenvalue weighted by molar-refractivity contribution is -0.246.